The van der Waals surface area contributed by atoms with Crippen molar-refractivity contribution in [2.24, 2.45) is 0 Å². The summed E-state index contributed by atoms with van der Waals surface area (Å²) in [5.74, 6) is -1.63. The van der Waals surface area contributed by atoms with Crippen molar-refractivity contribution < 1.29 is 24.2 Å². The van der Waals surface area contributed by atoms with Gasteiger partial charge in [-0.2, -0.15) is 0 Å². The van der Waals surface area contributed by atoms with Gasteiger partial charge in [0.2, 0.25) is 0 Å². The van der Waals surface area contributed by atoms with Gasteiger partial charge in [-0.3, -0.25) is 4.79 Å². The molecule has 18 heavy (non-hydrogen) atoms. The molecular formula is C12H15NO5. The lowest BCUT2D eigenvalue weighted by Gasteiger charge is -2.12. The highest BCUT2D eigenvalue weighted by Crippen LogP contribution is 2.30. The molecule has 6 heteroatoms. The second kappa shape index (κ2) is 6.48. The zero-order valence-electron chi connectivity index (χ0n) is 10.2. The fraction of sp³-hybridized carbons (Fsp3) is 0.333. The zero-order chi connectivity index (χ0) is 13.5. The molecule has 6 nitrogen and oxygen atoms in total. The summed E-state index contributed by atoms with van der Waals surface area (Å²) in [5, 5.41) is 10.7. The highest BCUT2D eigenvalue weighted by Gasteiger charge is 2.13. The number of hydrogen-bond acceptors (Lipinski definition) is 4. The van der Waals surface area contributed by atoms with E-state index in [2.05, 4.69) is 5.32 Å². The second-order valence-corrected chi connectivity index (χ2v) is 3.29. The van der Waals surface area contributed by atoms with Gasteiger partial charge >= 0.3 is 11.9 Å². The fourth-order valence-corrected chi connectivity index (χ4v) is 1.31. The molecule has 0 saturated carbocycles. The topological polar surface area (TPSA) is 84.9 Å². The molecule has 0 heterocycles. The van der Waals surface area contributed by atoms with E-state index in [0.29, 0.717) is 30.4 Å². The Labute approximate surface area is 105 Å². The maximum atomic E-state index is 11.0. The van der Waals surface area contributed by atoms with Crippen molar-refractivity contribution in [3.8, 4) is 11.5 Å². The van der Waals surface area contributed by atoms with Gasteiger partial charge in [0, 0.05) is 11.8 Å². The Morgan fingerprint density at radius 1 is 1.17 bits per heavy atom. The lowest BCUT2D eigenvalue weighted by molar-refractivity contribution is -0.147. The van der Waals surface area contributed by atoms with E-state index < -0.39 is 11.9 Å². The molecule has 1 amide bonds. The maximum absolute atomic E-state index is 11.0. The van der Waals surface area contributed by atoms with E-state index in [9.17, 15) is 9.59 Å². The van der Waals surface area contributed by atoms with Crippen LogP contribution in [0.25, 0.3) is 0 Å². The minimum Gasteiger partial charge on any atom is -0.490 e. The first-order valence-electron chi connectivity index (χ1n) is 5.52. The minimum absolute atomic E-state index is 0.342. The number of aliphatic carboxylic acids is 1. The number of carboxylic acids is 1. The summed E-state index contributed by atoms with van der Waals surface area (Å²) < 4.78 is 10.7. The molecule has 0 saturated heterocycles. The molecule has 0 aliphatic carbocycles. The van der Waals surface area contributed by atoms with Crippen molar-refractivity contribution in [3.63, 3.8) is 0 Å². The predicted molar refractivity (Wildman–Crippen MR) is 65.0 cm³/mol. The highest BCUT2D eigenvalue weighted by atomic mass is 16.5. The molecule has 0 radical (unpaired) electrons. The number of amides is 1. The van der Waals surface area contributed by atoms with Gasteiger partial charge in [-0.1, -0.05) is 0 Å². The number of carbonyl (C=O) groups excluding carboxylic acids is 1. The summed E-state index contributed by atoms with van der Waals surface area (Å²) in [5.41, 5.74) is 0.342. The number of hydrogen-bond donors (Lipinski definition) is 2. The molecule has 0 atom stereocenters. The summed E-state index contributed by atoms with van der Waals surface area (Å²) in [6.07, 6.45) is 0. The number of nitrogens with one attached hydrogen (secondary N) is 1. The van der Waals surface area contributed by atoms with Crippen LogP contribution in [0.4, 0.5) is 5.69 Å². The second-order valence-electron chi connectivity index (χ2n) is 3.29. The number of anilines is 1. The lowest BCUT2D eigenvalue weighted by atomic mass is 10.2. The quantitative estimate of drug-likeness (QED) is 0.777. The molecular weight excluding hydrogens is 238 g/mol. The number of ether oxygens (including phenoxy) is 2. The van der Waals surface area contributed by atoms with Gasteiger partial charge in [0.05, 0.1) is 13.2 Å². The van der Waals surface area contributed by atoms with Gasteiger partial charge < -0.3 is 19.9 Å². The summed E-state index contributed by atoms with van der Waals surface area (Å²) in [4.78, 5) is 21.4. The minimum atomic E-state index is -1.54. The summed E-state index contributed by atoms with van der Waals surface area (Å²) in [6, 6.07) is 4.69. The molecule has 0 spiro atoms. The van der Waals surface area contributed by atoms with E-state index >= 15 is 0 Å². The summed E-state index contributed by atoms with van der Waals surface area (Å²) >= 11 is 0. The standard InChI is InChI=1S/C12H15NO5/c1-3-17-9-6-5-8(7-10(9)18-4-2)13-11(14)12(15)16/h5-7H,3-4H2,1-2H3,(H,13,14)(H,15,16). The van der Waals surface area contributed by atoms with Crippen LogP contribution in [0.15, 0.2) is 18.2 Å². The van der Waals surface area contributed by atoms with Crippen molar-refractivity contribution in [2.45, 2.75) is 13.8 Å². The van der Waals surface area contributed by atoms with Crippen LogP contribution in [-0.4, -0.2) is 30.2 Å². The summed E-state index contributed by atoms with van der Waals surface area (Å²) in [6.45, 7) is 4.59. The van der Waals surface area contributed by atoms with Crippen LogP contribution in [0.1, 0.15) is 13.8 Å². The molecule has 0 bridgehead atoms. The van der Waals surface area contributed by atoms with Crippen LogP contribution in [0.2, 0.25) is 0 Å². The van der Waals surface area contributed by atoms with Gasteiger partial charge in [-0.05, 0) is 26.0 Å². The number of benzene rings is 1. The SMILES string of the molecule is CCOc1ccc(NC(=O)C(=O)O)cc1OCC. The molecule has 0 fully saturated rings. The molecule has 0 aliphatic heterocycles. The third-order valence-electron chi connectivity index (χ3n) is 2.00. The van der Waals surface area contributed by atoms with E-state index in [1.165, 1.54) is 6.07 Å². The van der Waals surface area contributed by atoms with Crippen LogP contribution in [0.3, 0.4) is 0 Å². The number of carbonyl (C=O) groups is 2. The molecule has 98 valence electrons. The fourth-order valence-electron chi connectivity index (χ4n) is 1.31. The number of carboxylic acid groups (broad SMARTS) is 1. The monoisotopic (exact) mass is 253 g/mol. The number of rotatable bonds is 5. The smallest absolute Gasteiger partial charge is 0.394 e. The van der Waals surface area contributed by atoms with Gasteiger partial charge in [0.25, 0.3) is 0 Å². The van der Waals surface area contributed by atoms with Crippen molar-refractivity contribution in [3.05, 3.63) is 18.2 Å². The van der Waals surface area contributed by atoms with Crippen LogP contribution >= 0.6 is 0 Å². The van der Waals surface area contributed by atoms with E-state index in [-0.39, 0.29) is 0 Å². The van der Waals surface area contributed by atoms with Gasteiger partial charge in [0.15, 0.2) is 11.5 Å². The maximum Gasteiger partial charge on any atom is 0.394 e. The predicted octanol–water partition coefficient (Wildman–Crippen LogP) is 1.51. The van der Waals surface area contributed by atoms with E-state index in [0.717, 1.165) is 0 Å². The molecule has 1 aromatic carbocycles. The lowest BCUT2D eigenvalue weighted by Crippen LogP contribution is -2.21. The Morgan fingerprint density at radius 3 is 2.33 bits per heavy atom. The van der Waals surface area contributed by atoms with Crippen molar-refractivity contribution in [1.82, 2.24) is 0 Å². The Morgan fingerprint density at radius 2 is 1.78 bits per heavy atom. The Hall–Kier alpha value is -2.24. The third kappa shape index (κ3) is 3.65. The first kappa shape index (κ1) is 13.8. The average molecular weight is 253 g/mol. The van der Waals surface area contributed by atoms with Gasteiger partial charge in [0.1, 0.15) is 0 Å². The van der Waals surface area contributed by atoms with Crippen LogP contribution in [0, 0.1) is 0 Å². The Bertz CT molecular complexity index is 444. The van der Waals surface area contributed by atoms with Gasteiger partial charge in [-0.25, -0.2) is 4.79 Å². The average Bonchev–Trinajstić information content (AvgIpc) is 2.33. The van der Waals surface area contributed by atoms with Crippen molar-refractivity contribution >= 4 is 17.6 Å². The Balaban J connectivity index is 2.91. The van der Waals surface area contributed by atoms with Crippen molar-refractivity contribution in [2.75, 3.05) is 18.5 Å². The third-order valence-corrected chi connectivity index (χ3v) is 2.00. The molecule has 0 aliphatic rings. The normalized spacial score (nSPS) is 9.67. The van der Waals surface area contributed by atoms with Crippen LogP contribution in [0.5, 0.6) is 11.5 Å². The summed E-state index contributed by atoms with van der Waals surface area (Å²) in [7, 11) is 0. The first-order chi connectivity index (χ1) is 8.58. The largest absolute Gasteiger partial charge is 0.490 e. The zero-order valence-corrected chi connectivity index (χ0v) is 10.2. The van der Waals surface area contributed by atoms with Gasteiger partial charge in [-0.15, -0.1) is 0 Å². The van der Waals surface area contributed by atoms with Crippen LogP contribution in [-0.2, 0) is 9.59 Å². The Kier molecular flexibility index (Phi) is 4.98. The molecule has 0 aromatic heterocycles. The molecule has 2 N–H and O–H groups in total. The van der Waals surface area contributed by atoms with E-state index in [4.69, 9.17) is 14.6 Å². The van der Waals surface area contributed by atoms with E-state index in [1.807, 2.05) is 13.8 Å². The van der Waals surface area contributed by atoms with Crippen molar-refractivity contribution in [1.29, 1.82) is 0 Å². The molecule has 0 unspecified atom stereocenters. The first-order valence-corrected chi connectivity index (χ1v) is 5.52. The van der Waals surface area contributed by atoms with Crippen LogP contribution < -0.4 is 14.8 Å². The highest BCUT2D eigenvalue weighted by molar-refractivity contribution is 6.36. The molecule has 1 aromatic rings. The molecule has 1 rings (SSSR count). The van der Waals surface area contributed by atoms with E-state index in [1.54, 1.807) is 12.1 Å².